The molecule has 0 bridgehead atoms. The summed E-state index contributed by atoms with van der Waals surface area (Å²) < 4.78 is 5.68. The topological polar surface area (TPSA) is 91.8 Å². The van der Waals surface area contributed by atoms with Crippen molar-refractivity contribution in [3.05, 3.63) is 52.5 Å². The summed E-state index contributed by atoms with van der Waals surface area (Å²) in [4.78, 5) is 47.2. The lowest BCUT2D eigenvalue weighted by Crippen LogP contribution is -2.54. The number of aromatic nitrogens is 1. The van der Waals surface area contributed by atoms with E-state index in [2.05, 4.69) is 10.3 Å². The molecule has 1 N–H and O–H groups in total. The number of rotatable bonds is 6. The quantitative estimate of drug-likeness (QED) is 0.658. The Morgan fingerprint density at radius 2 is 2.06 bits per heavy atom. The number of nitrogens with zero attached hydrogens (tertiary/aromatic N) is 3. The van der Waals surface area contributed by atoms with Gasteiger partial charge in [-0.25, -0.2) is 4.79 Å². The summed E-state index contributed by atoms with van der Waals surface area (Å²) in [6, 6.07) is 7.03. The lowest BCUT2D eigenvalue weighted by molar-refractivity contribution is -0.137. The normalized spacial score (nSPS) is 26.1. The van der Waals surface area contributed by atoms with Crippen molar-refractivity contribution in [3.63, 3.8) is 0 Å². The van der Waals surface area contributed by atoms with Gasteiger partial charge in [0.25, 0.3) is 5.91 Å². The summed E-state index contributed by atoms with van der Waals surface area (Å²) in [6.07, 6.45) is 4.95. The standard InChI is InChI=1S/C24H28N4O4S/c29-21(14-17-8-13-33-16-17)27-10-6-18(7-11-27)24(20-5-1-2-9-25-20)22(30)28(23(31)26-24)15-19-4-3-12-32-19/h1-2,5,8-9,13,16,18-19H,3-4,6-7,10-12,14-15H2,(H,26,31)/t19-,24-/m0/s1. The highest BCUT2D eigenvalue weighted by Gasteiger charge is 2.58. The number of thiophene rings is 1. The Morgan fingerprint density at radius 3 is 2.73 bits per heavy atom. The number of pyridine rings is 1. The summed E-state index contributed by atoms with van der Waals surface area (Å²) >= 11 is 1.59. The number of likely N-dealkylation sites (tertiary alicyclic amines) is 1. The van der Waals surface area contributed by atoms with Gasteiger partial charge < -0.3 is 15.0 Å². The van der Waals surface area contributed by atoms with E-state index in [1.54, 1.807) is 23.6 Å². The van der Waals surface area contributed by atoms with E-state index in [4.69, 9.17) is 4.74 Å². The minimum atomic E-state index is -1.21. The minimum Gasteiger partial charge on any atom is -0.376 e. The Labute approximate surface area is 196 Å². The third-order valence-electron chi connectivity index (χ3n) is 7.01. The summed E-state index contributed by atoms with van der Waals surface area (Å²) in [5.41, 5.74) is 0.376. The molecule has 0 spiro atoms. The van der Waals surface area contributed by atoms with E-state index in [1.807, 2.05) is 33.9 Å². The molecule has 9 heteroatoms. The molecule has 2 aromatic heterocycles. The van der Waals surface area contributed by atoms with Crippen molar-refractivity contribution >= 4 is 29.2 Å². The number of nitrogens with one attached hydrogen (secondary N) is 1. The van der Waals surface area contributed by atoms with Gasteiger partial charge in [-0.05, 0) is 60.2 Å². The second-order valence-electron chi connectivity index (χ2n) is 8.97. The zero-order chi connectivity index (χ0) is 22.8. The van der Waals surface area contributed by atoms with Crippen molar-refractivity contribution in [2.45, 2.75) is 43.7 Å². The highest BCUT2D eigenvalue weighted by molar-refractivity contribution is 7.08. The monoisotopic (exact) mass is 468 g/mol. The fourth-order valence-electron chi connectivity index (χ4n) is 5.25. The number of carbonyl (C=O) groups is 3. The first kappa shape index (κ1) is 22.0. The molecule has 0 radical (unpaired) electrons. The number of urea groups is 1. The van der Waals surface area contributed by atoms with E-state index in [9.17, 15) is 14.4 Å². The van der Waals surface area contributed by atoms with Crippen LogP contribution in [0.3, 0.4) is 0 Å². The molecule has 2 aromatic rings. The Balaban J connectivity index is 1.35. The molecular weight excluding hydrogens is 440 g/mol. The number of ether oxygens (including phenoxy) is 1. The number of carbonyl (C=O) groups excluding carboxylic acids is 3. The van der Waals surface area contributed by atoms with Gasteiger partial charge in [0.1, 0.15) is 0 Å². The Kier molecular flexibility index (Phi) is 6.16. The van der Waals surface area contributed by atoms with E-state index in [0.717, 1.165) is 18.4 Å². The zero-order valence-electron chi connectivity index (χ0n) is 18.4. The number of hydrogen-bond donors (Lipinski definition) is 1. The van der Waals surface area contributed by atoms with Gasteiger partial charge in [-0.15, -0.1) is 0 Å². The summed E-state index contributed by atoms with van der Waals surface area (Å²) in [7, 11) is 0. The van der Waals surface area contributed by atoms with Gasteiger partial charge in [0, 0.05) is 31.8 Å². The average Bonchev–Trinajstić information content (AvgIpc) is 3.59. The minimum absolute atomic E-state index is 0.0977. The predicted octanol–water partition coefficient (Wildman–Crippen LogP) is 2.55. The number of hydrogen-bond acceptors (Lipinski definition) is 6. The molecule has 0 unspecified atom stereocenters. The average molecular weight is 469 g/mol. The Bertz CT molecular complexity index is 1000. The van der Waals surface area contributed by atoms with Crippen LogP contribution >= 0.6 is 11.3 Å². The molecule has 4 amide bonds. The maximum absolute atomic E-state index is 13.8. The molecule has 33 heavy (non-hydrogen) atoms. The smallest absolute Gasteiger partial charge is 0.325 e. The fraction of sp³-hybridized carbons (Fsp3) is 0.500. The largest absolute Gasteiger partial charge is 0.376 e. The summed E-state index contributed by atoms with van der Waals surface area (Å²) in [5.74, 6) is -0.311. The highest BCUT2D eigenvalue weighted by Crippen LogP contribution is 2.41. The fourth-order valence-corrected chi connectivity index (χ4v) is 5.92. The molecule has 5 heterocycles. The highest BCUT2D eigenvalue weighted by atomic mass is 32.1. The zero-order valence-corrected chi connectivity index (χ0v) is 19.3. The van der Waals surface area contributed by atoms with Crippen LogP contribution in [0.1, 0.15) is 36.9 Å². The maximum Gasteiger partial charge on any atom is 0.325 e. The van der Waals surface area contributed by atoms with Crippen molar-refractivity contribution in [2.75, 3.05) is 26.2 Å². The number of piperidine rings is 1. The van der Waals surface area contributed by atoms with Crippen molar-refractivity contribution < 1.29 is 19.1 Å². The van der Waals surface area contributed by atoms with Crippen LogP contribution in [0.15, 0.2) is 41.2 Å². The third-order valence-corrected chi connectivity index (χ3v) is 7.74. The van der Waals surface area contributed by atoms with E-state index < -0.39 is 11.6 Å². The molecule has 0 aliphatic carbocycles. The Morgan fingerprint density at radius 1 is 1.21 bits per heavy atom. The van der Waals surface area contributed by atoms with Gasteiger partial charge in [0.15, 0.2) is 5.54 Å². The SMILES string of the molecule is O=C(Cc1ccsc1)N1CCC([C@@]2(c3ccccn3)NC(=O)N(C[C@@H]3CCCO3)C2=O)CC1. The first-order valence-corrected chi connectivity index (χ1v) is 12.5. The molecule has 3 saturated heterocycles. The predicted molar refractivity (Wildman–Crippen MR) is 122 cm³/mol. The van der Waals surface area contributed by atoms with Crippen LogP contribution < -0.4 is 5.32 Å². The van der Waals surface area contributed by atoms with Gasteiger partial charge >= 0.3 is 6.03 Å². The molecule has 3 aliphatic heterocycles. The van der Waals surface area contributed by atoms with Crippen LogP contribution in [0.5, 0.6) is 0 Å². The molecular formula is C24H28N4O4S. The van der Waals surface area contributed by atoms with E-state index >= 15 is 0 Å². The maximum atomic E-state index is 13.8. The molecule has 3 aliphatic rings. The molecule has 0 aromatic carbocycles. The number of imide groups is 1. The molecule has 0 saturated carbocycles. The van der Waals surface area contributed by atoms with Gasteiger partial charge in [-0.1, -0.05) is 6.07 Å². The van der Waals surface area contributed by atoms with Gasteiger partial charge in [-0.3, -0.25) is 19.5 Å². The molecule has 3 fully saturated rings. The van der Waals surface area contributed by atoms with Crippen LogP contribution in [-0.4, -0.2) is 65.0 Å². The van der Waals surface area contributed by atoms with E-state index in [0.29, 0.717) is 44.7 Å². The Hall–Kier alpha value is -2.78. The van der Waals surface area contributed by atoms with Crippen molar-refractivity contribution in [3.8, 4) is 0 Å². The molecule has 2 atom stereocenters. The first-order chi connectivity index (χ1) is 16.1. The van der Waals surface area contributed by atoms with Crippen LogP contribution in [0.25, 0.3) is 0 Å². The second kappa shape index (κ2) is 9.23. The van der Waals surface area contributed by atoms with Crippen LogP contribution in [0, 0.1) is 5.92 Å². The van der Waals surface area contributed by atoms with Gasteiger partial charge in [0.2, 0.25) is 5.91 Å². The summed E-state index contributed by atoms with van der Waals surface area (Å²) in [5, 5.41) is 7.00. The third kappa shape index (κ3) is 4.15. The van der Waals surface area contributed by atoms with Crippen LogP contribution in [0.2, 0.25) is 0 Å². The molecule has 174 valence electrons. The van der Waals surface area contributed by atoms with Crippen molar-refractivity contribution in [1.82, 2.24) is 20.1 Å². The van der Waals surface area contributed by atoms with Gasteiger partial charge in [-0.2, -0.15) is 11.3 Å². The first-order valence-electron chi connectivity index (χ1n) is 11.5. The van der Waals surface area contributed by atoms with Gasteiger partial charge in [0.05, 0.1) is 24.8 Å². The summed E-state index contributed by atoms with van der Waals surface area (Å²) in [6.45, 7) is 2.03. The second-order valence-corrected chi connectivity index (χ2v) is 9.75. The number of amides is 4. The van der Waals surface area contributed by atoms with E-state index in [1.165, 1.54) is 4.90 Å². The molecule has 5 rings (SSSR count). The lowest BCUT2D eigenvalue weighted by Gasteiger charge is -2.40. The van der Waals surface area contributed by atoms with Crippen molar-refractivity contribution in [2.24, 2.45) is 5.92 Å². The molecule has 8 nitrogen and oxygen atoms in total. The van der Waals surface area contributed by atoms with Crippen LogP contribution in [0.4, 0.5) is 4.79 Å². The van der Waals surface area contributed by atoms with Crippen LogP contribution in [-0.2, 0) is 26.3 Å². The van der Waals surface area contributed by atoms with Crippen molar-refractivity contribution in [1.29, 1.82) is 0 Å². The van der Waals surface area contributed by atoms with E-state index in [-0.39, 0.29) is 30.4 Å². The lowest BCUT2D eigenvalue weighted by atomic mass is 9.75.